The molecule has 9 heteroatoms. The Balaban J connectivity index is 1.89. The zero-order valence-corrected chi connectivity index (χ0v) is 16.4. The number of likely N-dealkylation sites (tertiary alicyclic amines) is 1. The molecule has 28 heavy (non-hydrogen) atoms. The van der Waals surface area contributed by atoms with Crippen molar-refractivity contribution in [2.45, 2.75) is 76.1 Å². The summed E-state index contributed by atoms with van der Waals surface area (Å²) >= 11 is 0. The molecule has 2 atom stereocenters. The Morgan fingerprint density at radius 3 is 2.21 bits per heavy atom. The van der Waals surface area contributed by atoms with Gasteiger partial charge in [0, 0.05) is 5.92 Å². The van der Waals surface area contributed by atoms with Crippen molar-refractivity contribution >= 4 is 11.8 Å². The molecule has 1 saturated carbocycles. The van der Waals surface area contributed by atoms with E-state index >= 15 is 0 Å². The zero-order valence-electron chi connectivity index (χ0n) is 16.4. The number of aliphatic hydroxyl groups is 1. The molecule has 2 unspecified atom stereocenters. The molecule has 1 aliphatic heterocycles. The van der Waals surface area contributed by atoms with Gasteiger partial charge in [0.2, 0.25) is 5.91 Å². The molecule has 0 aromatic rings. The lowest BCUT2D eigenvalue weighted by Crippen LogP contribution is -2.60. The third-order valence-electron chi connectivity index (χ3n) is 6.19. The van der Waals surface area contributed by atoms with Gasteiger partial charge in [-0.05, 0) is 45.2 Å². The van der Waals surface area contributed by atoms with Crippen molar-refractivity contribution in [1.29, 1.82) is 0 Å². The number of hydrogen-bond acceptors (Lipinski definition) is 4. The van der Waals surface area contributed by atoms with Gasteiger partial charge in [0.25, 0.3) is 5.91 Å². The summed E-state index contributed by atoms with van der Waals surface area (Å²) in [5, 5.41) is 13.6. The van der Waals surface area contributed by atoms with Gasteiger partial charge in [-0.15, -0.1) is 0 Å². The van der Waals surface area contributed by atoms with Crippen LogP contribution in [0.5, 0.6) is 0 Å². The Bertz CT molecular complexity index is 544. The first-order valence-electron chi connectivity index (χ1n) is 10.1. The quantitative estimate of drug-likeness (QED) is 0.601. The smallest absolute Gasteiger partial charge is 0.378 e. The SMILES string of the molecule is CC(NC(=O)C1CCN(CC(F)(F)F)CC1)C(O)(CC1CCCCC1)C(N)=O. The molecule has 4 N–H and O–H groups in total. The molecule has 6 nitrogen and oxygen atoms in total. The number of piperidine rings is 1. The number of nitrogens with two attached hydrogens (primary N) is 1. The molecule has 2 rings (SSSR count). The second-order valence-corrected chi connectivity index (χ2v) is 8.39. The number of amides is 2. The minimum absolute atomic E-state index is 0.189. The number of nitrogens with one attached hydrogen (secondary N) is 1. The fourth-order valence-electron chi connectivity index (χ4n) is 4.38. The zero-order chi connectivity index (χ0) is 20.9. The Morgan fingerprint density at radius 1 is 1.14 bits per heavy atom. The molecule has 0 bridgehead atoms. The molecule has 0 aromatic carbocycles. The lowest BCUT2D eigenvalue weighted by molar-refractivity contribution is -0.150. The molecule has 1 saturated heterocycles. The number of primary amides is 1. The van der Waals surface area contributed by atoms with E-state index in [2.05, 4.69) is 5.32 Å². The van der Waals surface area contributed by atoms with Gasteiger partial charge in [-0.3, -0.25) is 14.5 Å². The molecular weight excluding hydrogens is 375 g/mol. The molecule has 0 spiro atoms. The molecular formula is C19H32F3N3O3. The normalized spacial score (nSPS) is 23.8. The number of alkyl halides is 3. The van der Waals surface area contributed by atoms with E-state index in [1.165, 1.54) is 4.90 Å². The van der Waals surface area contributed by atoms with Crippen LogP contribution in [0.15, 0.2) is 0 Å². The van der Waals surface area contributed by atoms with Crippen molar-refractivity contribution < 1.29 is 27.9 Å². The van der Waals surface area contributed by atoms with E-state index in [1.54, 1.807) is 6.92 Å². The first-order valence-corrected chi connectivity index (χ1v) is 10.1. The van der Waals surface area contributed by atoms with Crippen molar-refractivity contribution in [3.63, 3.8) is 0 Å². The number of hydrogen-bond donors (Lipinski definition) is 3. The van der Waals surface area contributed by atoms with Gasteiger partial charge in [0.1, 0.15) is 0 Å². The van der Waals surface area contributed by atoms with Gasteiger partial charge in [-0.1, -0.05) is 32.1 Å². The second kappa shape index (κ2) is 9.43. The lowest BCUT2D eigenvalue weighted by Gasteiger charge is -2.37. The monoisotopic (exact) mass is 407 g/mol. The molecule has 1 heterocycles. The fraction of sp³-hybridized carbons (Fsp3) is 0.895. The van der Waals surface area contributed by atoms with Crippen LogP contribution in [0.3, 0.4) is 0 Å². The number of halogens is 3. The number of nitrogens with zero attached hydrogens (tertiary/aromatic N) is 1. The van der Waals surface area contributed by atoms with Gasteiger partial charge >= 0.3 is 6.18 Å². The Kier molecular flexibility index (Phi) is 7.73. The van der Waals surface area contributed by atoms with E-state index < -0.39 is 36.2 Å². The van der Waals surface area contributed by atoms with Crippen LogP contribution in [0.4, 0.5) is 13.2 Å². The molecule has 0 aromatic heterocycles. The largest absolute Gasteiger partial charge is 0.401 e. The molecule has 2 aliphatic rings. The third-order valence-corrected chi connectivity index (χ3v) is 6.19. The number of carbonyl (C=O) groups excluding carboxylic acids is 2. The van der Waals surface area contributed by atoms with E-state index in [0.717, 1.165) is 32.1 Å². The van der Waals surface area contributed by atoms with Crippen molar-refractivity contribution in [2.75, 3.05) is 19.6 Å². The van der Waals surface area contributed by atoms with E-state index in [-0.39, 0.29) is 31.3 Å². The maximum atomic E-state index is 12.5. The molecule has 2 amide bonds. The van der Waals surface area contributed by atoms with Gasteiger partial charge in [-0.2, -0.15) is 13.2 Å². The predicted molar refractivity (Wildman–Crippen MR) is 98.2 cm³/mol. The third kappa shape index (κ3) is 6.34. The Labute approximate surface area is 164 Å². The van der Waals surface area contributed by atoms with Crippen molar-refractivity contribution in [1.82, 2.24) is 10.2 Å². The van der Waals surface area contributed by atoms with Crippen LogP contribution >= 0.6 is 0 Å². The molecule has 1 aliphatic carbocycles. The Hall–Kier alpha value is -1.35. The topological polar surface area (TPSA) is 95.7 Å². The highest BCUT2D eigenvalue weighted by Gasteiger charge is 2.43. The van der Waals surface area contributed by atoms with Crippen LogP contribution in [0.1, 0.15) is 58.3 Å². The summed E-state index contributed by atoms with van der Waals surface area (Å²) in [7, 11) is 0. The summed E-state index contributed by atoms with van der Waals surface area (Å²) in [6.07, 6.45) is 1.69. The van der Waals surface area contributed by atoms with Gasteiger partial charge in [-0.25, -0.2) is 0 Å². The van der Waals surface area contributed by atoms with Crippen LogP contribution in [0, 0.1) is 11.8 Å². The molecule has 162 valence electrons. The summed E-state index contributed by atoms with van der Waals surface area (Å²) in [4.78, 5) is 25.8. The highest BCUT2D eigenvalue weighted by Crippen LogP contribution is 2.32. The maximum Gasteiger partial charge on any atom is 0.401 e. The second-order valence-electron chi connectivity index (χ2n) is 8.39. The number of carbonyl (C=O) groups is 2. The Morgan fingerprint density at radius 2 is 1.71 bits per heavy atom. The average molecular weight is 407 g/mol. The average Bonchev–Trinajstić information content (AvgIpc) is 2.61. The highest BCUT2D eigenvalue weighted by molar-refractivity contribution is 5.86. The van der Waals surface area contributed by atoms with Gasteiger partial charge in [0.15, 0.2) is 5.60 Å². The first-order chi connectivity index (χ1) is 13.0. The first kappa shape index (κ1) is 22.9. The van der Waals surface area contributed by atoms with Crippen LogP contribution in [-0.2, 0) is 9.59 Å². The van der Waals surface area contributed by atoms with Crippen molar-refractivity contribution in [3.05, 3.63) is 0 Å². The fourth-order valence-corrected chi connectivity index (χ4v) is 4.38. The van der Waals surface area contributed by atoms with Gasteiger partial charge < -0.3 is 16.2 Å². The molecule has 2 fully saturated rings. The summed E-state index contributed by atoms with van der Waals surface area (Å²) < 4.78 is 37.4. The standard InChI is InChI=1S/C19H32F3N3O3/c1-13(18(28,17(23)27)11-14-5-3-2-4-6-14)24-16(26)15-7-9-25(10-8-15)12-19(20,21)22/h13-15,28H,2-12H2,1H3,(H2,23,27)(H,24,26). The summed E-state index contributed by atoms with van der Waals surface area (Å²) in [5.41, 5.74) is 3.64. The van der Waals surface area contributed by atoms with E-state index in [1.807, 2.05) is 0 Å². The summed E-state index contributed by atoms with van der Waals surface area (Å²) in [6.45, 7) is 0.965. The van der Waals surface area contributed by atoms with Gasteiger partial charge in [0.05, 0.1) is 12.6 Å². The van der Waals surface area contributed by atoms with Crippen LogP contribution < -0.4 is 11.1 Å². The molecule has 0 radical (unpaired) electrons. The van der Waals surface area contributed by atoms with E-state index in [4.69, 9.17) is 5.73 Å². The minimum Gasteiger partial charge on any atom is -0.378 e. The van der Waals surface area contributed by atoms with Crippen molar-refractivity contribution in [2.24, 2.45) is 17.6 Å². The highest BCUT2D eigenvalue weighted by atomic mass is 19.4. The van der Waals surface area contributed by atoms with E-state index in [9.17, 15) is 27.9 Å². The minimum atomic E-state index is -4.25. The predicted octanol–water partition coefficient (Wildman–Crippen LogP) is 1.95. The lowest BCUT2D eigenvalue weighted by atomic mass is 9.77. The summed E-state index contributed by atoms with van der Waals surface area (Å²) in [5.74, 6) is -1.44. The van der Waals surface area contributed by atoms with Crippen LogP contribution in [-0.4, -0.2) is 59.3 Å². The number of rotatable bonds is 7. The maximum absolute atomic E-state index is 12.5. The van der Waals surface area contributed by atoms with Crippen LogP contribution in [0.25, 0.3) is 0 Å². The van der Waals surface area contributed by atoms with Crippen LogP contribution in [0.2, 0.25) is 0 Å². The van der Waals surface area contributed by atoms with Crippen molar-refractivity contribution in [3.8, 4) is 0 Å². The summed E-state index contributed by atoms with van der Waals surface area (Å²) in [6, 6.07) is -0.854. The van der Waals surface area contributed by atoms with E-state index in [0.29, 0.717) is 12.8 Å².